The van der Waals surface area contributed by atoms with E-state index in [1.807, 2.05) is 0 Å². The van der Waals surface area contributed by atoms with Crippen molar-refractivity contribution in [2.75, 3.05) is 0 Å². The van der Waals surface area contributed by atoms with Gasteiger partial charge in [0.25, 0.3) is 0 Å². The van der Waals surface area contributed by atoms with Gasteiger partial charge in [-0.1, -0.05) is 11.6 Å². The number of hydrogen-bond acceptors (Lipinski definition) is 3. The van der Waals surface area contributed by atoms with E-state index in [9.17, 15) is 9.90 Å². The molecular formula is C9H4ClO3. The van der Waals surface area contributed by atoms with Crippen LogP contribution in [0.25, 0.3) is 10.8 Å². The lowest BCUT2D eigenvalue weighted by atomic mass is 10.2. The Balaban J connectivity index is 3.09. The minimum Gasteiger partial charge on any atom is -0.507 e. The molecular weight excluding hydrogens is 192 g/mol. The summed E-state index contributed by atoms with van der Waals surface area (Å²) in [6.07, 6.45) is 2.29. The van der Waals surface area contributed by atoms with E-state index in [1.54, 1.807) is 0 Å². The minimum absolute atomic E-state index is 0.0891. The smallest absolute Gasteiger partial charge is 0.348 e. The first-order valence-electron chi connectivity index (χ1n) is 3.51. The average molecular weight is 196 g/mol. The highest BCUT2D eigenvalue weighted by molar-refractivity contribution is 6.35. The molecule has 0 amide bonds. The highest BCUT2D eigenvalue weighted by Crippen LogP contribution is 2.27. The molecule has 0 saturated heterocycles. The van der Waals surface area contributed by atoms with Crippen LogP contribution in [-0.2, 0) is 0 Å². The van der Waals surface area contributed by atoms with Crippen molar-refractivity contribution in [2.24, 2.45) is 0 Å². The maximum Gasteiger partial charge on any atom is 0.348 e. The van der Waals surface area contributed by atoms with Crippen molar-refractivity contribution < 1.29 is 9.52 Å². The molecule has 1 heterocycles. The highest BCUT2D eigenvalue weighted by atomic mass is 35.5. The van der Waals surface area contributed by atoms with E-state index < -0.39 is 5.63 Å². The van der Waals surface area contributed by atoms with Crippen LogP contribution in [0.2, 0.25) is 5.02 Å². The number of fused-ring (bicyclic) bond motifs is 1. The first-order valence-corrected chi connectivity index (χ1v) is 3.89. The number of benzene rings is 1. The van der Waals surface area contributed by atoms with Crippen molar-refractivity contribution in [1.82, 2.24) is 0 Å². The molecule has 65 valence electrons. The predicted molar refractivity (Wildman–Crippen MR) is 48.0 cm³/mol. The maximum atomic E-state index is 11.1. The molecule has 2 rings (SSSR count). The fourth-order valence-electron chi connectivity index (χ4n) is 1.13. The number of phenols is 1. The Labute approximate surface area is 78.2 Å². The van der Waals surface area contributed by atoms with Crippen LogP contribution in [0, 0.1) is 6.26 Å². The van der Waals surface area contributed by atoms with Crippen LogP contribution in [0.3, 0.4) is 0 Å². The first kappa shape index (κ1) is 8.13. The normalized spacial score (nSPS) is 10.5. The van der Waals surface area contributed by atoms with Gasteiger partial charge >= 0.3 is 5.63 Å². The van der Waals surface area contributed by atoms with Crippen molar-refractivity contribution in [3.8, 4) is 5.75 Å². The summed E-state index contributed by atoms with van der Waals surface area (Å²) in [4.78, 5) is 11.1. The van der Waals surface area contributed by atoms with E-state index >= 15 is 0 Å². The van der Waals surface area contributed by atoms with Crippen LogP contribution < -0.4 is 5.63 Å². The van der Waals surface area contributed by atoms with Crippen LogP contribution in [-0.4, -0.2) is 5.11 Å². The molecule has 1 aromatic carbocycles. The summed E-state index contributed by atoms with van der Waals surface area (Å²) in [6.45, 7) is 0. The quantitative estimate of drug-likeness (QED) is 0.699. The largest absolute Gasteiger partial charge is 0.507 e. The van der Waals surface area contributed by atoms with Gasteiger partial charge in [0.15, 0.2) is 6.26 Å². The molecule has 0 atom stereocenters. The molecule has 13 heavy (non-hydrogen) atoms. The van der Waals surface area contributed by atoms with E-state index in [1.165, 1.54) is 18.2 Å². The molecule has 0 spiro atoms. The molecule has 3 nitrogen and oxygen atoms in total. The summed E-state index contributed by atoms with van der Waals surface area (Å²) in [5, 5.41) is 10.3. The SMILES string of the molecule is O=c1o[c]cc2c(Cl)ccc(O)c12. The Bertz CT molecular complexity index is 516. The van der Waals surface area contributed by atoms with Gasteiger partial charge in [-0.25, -0.2) is 4.79 Å². The highest BCUT2D eigenvalue weighted by Gasteiger charge is 2.07. The van der Waals surface area contributed by atoms with Gasteiger partial charge in [0.05, 0.1) is 0 Å². The van der Waals surface area contributed by atoms with Gasteiger partial charge in [-0.3, -0.25) is 0 Å². The standard InChI is InChI=1S/C9H4ClO3/c10-6-1-2-7(11)8-5(6)3-4-13-9(8)12/h1-3,11H. The molecule has 4 heteroatoms. The van der Waals surface area contributed by atoms with Gasteiger partial charge in [0.1, 0.15) is 11.1 Å². The number of aromatic hydroxyl groups is 1. The summed E-state index contributed by atoms with van der Waals surface area (Å²) < 4.78 is 4.48. The number of halogens is 1. The minimum atomic E-state index is -0.641. The maximum absolute atomic E-state index is 11.1. The fraction of sp³-hybridized carbons (Fsp3) is 0. The topological polar surface area (TPSA) is 50.4 Å². The Morgan fingerprint density at radius 1 is 1.46 bits per heavy atom. The second kappa shape index (κ2) is 2.78. The second-order valence-electron chi connectivity index (χ2n) is 2.51. The van der Waals surface area contributed by atoms with E-state index in [0.717, 1.165) is 0 Å². The van der Waals surface area contributed by atoms with Gasteiger partial charge in [-0.05, 0) is 18.2 Å². The van der Waals surface area contributed by atoms with Crippen LogP contribution in [0.5, 0.6) is 5.75 Å². The summed E-state index contributed by atoms with van der Waals surface area (Å²) in [7, 11) is 0. The second-order valence-corrected chi connectivity index (χ2v) is 2.91. The number of rotatable bonds is 0. The Morgan fingerprint density at radius 3 is 2.92 bits per heavy atom. The molecule has 0 saturated carbocycles. The van der Waals surface area contributed by atoms with Crippen LogP contribution in [0.15, 0.2) is 27.4 Å². The molecule has 1 aromatic heterocycles. The van der Waals surface area contributed by atoms with E-state index in [0.29, 0.717) is 10.4 Å². The van der Waals surface area contributed by atoms with Gasteiger partial charge in [0.2, 0.25) is 0 Å². The van der Waals surface area contributed by atoms with Crippen molar-refractivity contribution in [2.45, 2.75) is 0 Å². The molecule has 2 aromatic rings. The van der Waals surface area contributed by atoms with Crippen molar-refractivity contribution in [3.05, 3.63) is 39.9 Å². The van der Waals surface area contributed by atoms with Crippen LogP contribution in [0.1, 0.15) is 0 Å². The molecule has 0 aliphatic heterocycles. The van der Waals surface area contributed by atoms with E-state index in [2.05, 4.69) is 10.7 Å². The van der Waals surface area contributed by atoms with Crippen LogP contribution >= 0.6 is 11.6 Å². The molecule has 0 unspecified atom stereocenters. The Hall–Kier alpha value is -1.48. The zero-order valence-corrected chi connectivity index (χ0v) is 7.13. The zero-order valence-electron chi connectivity index (χ0n) is 6.37. The van der Waals surface area contributed by atoms with Crippen molar-refractivity contribution in [1.29, 1.82) is 0 Å². The monoisotopic (exact) mass is 195 g/mol. The number of hydrogen-bond donors (Lipinski definition) is 1. The fourth-order valence-corrected chi connectivity index (χ4v) is 1.34. The third-order valence-electron chi connectivity index (χ3n) is 1.73. The van der Waals surface area contributed by atoms with Crippen molar-refractivity contribution in [3.63, 3.8) is 0 Å². The lowest BCUT2D eigenvalue weighted by Crippen LogP contribution is -1.98. The van der Waals surface area contributed by atoms with Crippen molar-refractivity contribution >= 4 is 22.4 Å². The average Bonchev–Trinajstić information content (AvgIpc) is 2.12. The molecule has 0 fully saturated rings. The van der Waals surface area contributed by atoms with E-state index in [4.69, 9.17) is 11.6 Å². The summed E-state index contributed by atoms with van der Waals surface area (Å²) in [6, 6.07) is 4.27. The molecule has 1 N–H and O–H groups in total. The van der Waals surface area contributed by atoms with Crippen LogP contribution in [0.4, 0.5) is 0 Å². The van der Waals surface area contributed by atoms with E-state index in [-0.39, 0.29) is 11.1 Å². The molecule has 0 aliphatic carbocycles. The first-order chi connectivity index (χ1) is 6.20. The Morgan fingerprint density at radius 2 is 2.23 bits per heavy atom. The molecule has 0 aliphatic rings. The summed E-state index contributed by atoms with van der Waals surface area (Å²) in [5.41, 5.74) is -0.641. The summed E-state index contributed by atoms with van der Waals surface area (Å²) >= 11 is 5.79. The molecule has 0 bridgehead atoms. The lowest BCUT2D eigenvalue weighted by Gasteiger charge is -1.99. The molecule has 1 radical (unpaired) electrons. The van der Waals surface area contributed by atoms with Gasteiger partial charge < -0.3 is 9.52 Å². The zero-order chi connectivity index (χ0) is 9.42. The number of phenolic OH excluding ortho intramolecular Hbond substituents is 1. The van der Waals surface area contributed by atoms with Gasteiger partial charge in [-0.2, -0.15) is 0 Å². The lowest BCUT2D eigenvalue weighted by molar-refractivity contribution is 0.472. The van der Waals surface area contributed by atoms with Gasteiger partial charge in [0, 0.05) is 10.4 Å². The third kappa shape index (κ3) is 1.17. The predicted octanol–water partition coefficient (Wildman–Crippen LogP) is 1.95. The third-order valence-corrected chi connectivity index (χ3v) is 2.06. The Kier molecular flexibility index (Phi) is 1.74. The summed E-state index contributed by atoms with van der Waals surface area (Å²) in [5.74, 6) is -0.137. The van der Waals surface area contributed by atoms with Gasteiger partial charge in [-0.15, -0.1) is 0 Å².